The first-order valence-electron chi connectivity index (χ1n) is 9.53. The van der Waals surface area contributed by atoms with Crippen molar-refractivity contribution in [2.45, 2.75) is 40.7 Å². The summed E-state index contributed by atoms with van der Waals surface area (Å²) < 4.78 is 5.61. The summed E-state index contributed by atoms with van der Waals surface area (Å²) in [6.07, 6.45) is 1.08. The van der Waals surface area contributed by atoms with Gasteiger partial charge in [0, 0.05) is 31.8 Å². The molecule has 6 nitrogen and oxygen atoms in total. The highest BCUT2D eigenvalue weighted by molar-refractivity contribution is 5.94. The maximum atomic E-state index is 11.8. The smallest absolute Gasteiger partial charge is 0.251 e. The van der Waals surface area contributed by atoms with Gasteiger partial charge in [0.15, 0.2) is 5.96 Å². The molecule has 0 aliphatic heterocycles. The topological polar surface area (TPSA) is 74.8 Å². The van der Waals surface area contributed by atoms with Gasteiger partial charge in [-0.3, -0.25) is 4.79 Å². The summed E-state index contributed by atoms with van der Waals surface area (Å²) in [6.45, 7) is 12.5. The van der Waals surface area contributed by atoms with Gasteiger partial charge in [-0.2, -0.15) is 0 Å². The maximum absolute atomic E-state index is 11.8. The van der Waals surface area contributed by atoms with Gasteiger partial charge in [0.05, 0.1) is 13.2 Å². The lowest BCUT2D eigenvalue weighted by molar-refractivity contribution is 0.0956. The highest BCUT2D eigenvalue weighted by Gasteiger charge is 2.03. The number of nitrogens with one attached hydrogen (secondary N) is 3. The van der Waals surface area contributed by atoms with Crippen molar-refractivity contribution in [2.24, 2.45) is 10.9 Å². The predicted molar refractivity (Wildman–Crippen MR) is 108 cm³/mol. The zero-order valence-electron chi connectivity index (χ0n) is 16.6. The van der Waals surface area contributed by atoms with E-state index in [0.717, 1.165) is 37.6 Å². The molecule has 0 aromatic heterocycles. The van der Waals surface area contributed by atoms with Crippen LogP contribution < -0.4 is 16.0 Å². The molecule has 6 heteroatoms. The number of amides is 1. The number of hydrogen-bond acceptors (Lipinski definition) is 3. The van der Waals surface area contributed by atoms with Crippen molar-refractivity contribution in [3.8, 4) is 0 Å². The Morgan fingerprint density at radius 2 is 1.73 bits per heavy atom. The third-order valence-electron chi connectivity index (χ3n) is 3.70. The molecular formula is C20H34N4O2. The van der Waals surface area contributed by atoms with Crippen LogP contribution in [-0.4, -0.2) is 44.7 Å². The highest BCUT2D eigenvalue weighted by Crippen LogP contribution is 2.06. The number of rotatable bonds is 11. The van der Waals surface area contributed by atoms with Gasteiger partial charge in [-0.1, -0.05) is 26.0 Å². The monoisotopic (exact) mass is 362 g/mol. The molecule has 0 aliphatic carbocycles. The molecule has 0 atom stereocenters. The van der Waals surface area contributed by atoms with Gasteiger partial charge < -0.3 is 20.7 Å². The zero-order valence-corrected chi connectivity index (χ0v) is 16.6. The number of aliphatic imine (C=N–C) groups is 1. The Labute approximate surface area is 157 Å². The van der Waals surface area contributed by atoms with Crippen LogP contribution in [0.3, 0.4) is 0 Å². The molecule has 1 rings (SSSR count). The van der Waals surface area contributed by atoms with E-state index in [4.69, 9.17) is 4.74 Å². The van der Waals surface area contributed by atoms with Gasteiger partial charge in [-0.15, -0.1) is 0 Å². The third-order valence-corrected chi connectivity index (χ3v) is 3.70. The summed E-state index contributed by atoms with van der Waals surface area (Å²) in [5.74, 6) is 1.39. The Kier molecular flexibility index (Phi) is 11.1. The van der Waals surface area contributed by atoms with Gasteiger partial charge in [0.1, 0.15) is 0 Å². The summed E-state index contributed by atoms with van der Waals surface area (Å²) in [5.41, 5.74) is 1.73. The molecule has 1 aromatic carbocycles. The van der Waals surface area contributed by atoms with Crippen LogP contribution in [-0.2, 0) is 11.3 Å². The molecule has 0 fully saturated rings. The summed E-state index contributed by atoms with van der Waals surface area (Å²) in [7, 11) is 0. The number of nitrogens with zero attached hydrogens (tertiary/aromatic N) is 1. The number of benzene rings is 1. The minimum atomic E-state index is -0.0463. The molecule has 0 radical (unpaired) electrons. The number of carbonyl (C=O) groups is 1. The second-order valence-corrected chi connectivity index (χ2v) is 6.47. The first-order valence-corrected chi connectivity index (χ1v) is 9.53. The minimum Gasteiger partial charge on any atom is -0.380 e. The maximum Gasteiger partial charge on any atom is 0.251 e. The van der Waals surface area contributed by atoms with Crippen LogP contribution >= 0.6 is 0 Å². The van der Waals surface area contributed by atoms with Gasteiger partial charge >= 0.3 is 0 Å². The fourth-order valence-electron chi connectivity index (χ4n) is 2.20. The SMILES string of the molecule is CCNC(=O)c1ccc(CN=C(NCC)NCCOCCC(C)C)cc1. The van der Waals surface area contributed by atoms with E-state index in [0.29, 0.717) is 31.2 Å². The fraction of sp³-hybridized carbons (Fsp3) is 0.600. The minimum absolute atomic E-state index is 0.0463. The van der Waals surface area contributed by atoms with Gasteiger partial charge in [-0.05, 0) is 43.9 Å². The van der Waals surface area contributed by atoms with Crippen LogP contribution in [0.5, 0.6) is 0 Å². The Morgan fingerprint density at radius 3 is 2.35 bits per heavy atom. The summed E-state index contributed by atoms with van der Waals surface area (Å²) >= 11 is 0. The van der Waals surface area contributed by atoms with E-state index in [1.165, 1.54) is 0 Å². The highest BCUT2D eigenvalue weighted by atomic mass is 16.5. The zero-order chi connectivity index (χ0) is 19.2. The second kappa shape index (κ2) is 13.2. The molecule has 0 heterocycles. The Hall–Kier alpha value is -2.08. The van der Waals surface area contributed by atoms with Crippen molar-refractivity contribution >= 4 is 11.9 Å². The quantitative estimate of drug-likeness (QED) is 0.321. The molecule has 1 aromatic rings. The normalized spacial score (nSPS) is 11.5. The molecule has 0 unspecified atom stereocenters. The molecule has 1 amide bonds. The molecule has 0 saturated heterocycles. The Balaban J connectivity index is 2.43. The van der Waals surface area contributed by atoms with Crippen molar-refractivity contribution in [2.75, 3.05) is 32.8 Å². The predicted octanol–water partition coefficient (Wildman–Crippen LogP) is 2.55. The summed E-state index contributed by atoms with van der Waals surface area (Å²) in [6, 6.07) is 7.54. The van der Waals surface area contributed by atoms with Crippen LogP contribution in [0.15, 0.2) is 29.3 Å². The number of guanidine groups is 1. The first kappa shape index (κ1) is 22.0. The fourth-order valence-corrected chi connectivity index (χ4v) is 2.20. The number of carbonyl (C=O) groups excluding carboxylic acids is 1. The van der Waals surface area contributed by atoms with E-state index < -0.39 is 0 Å². The largest absolute Gasteiger partial charge is 0.380 e. The first-order chi connectivity index (χ1) is 12.6. The summed E-state index contributed by atoms with van der Waals surface area (Å²) in [4.78, 5) is 16.3. The van der Waals surface area contributed by atoms with Crippen LogP contribution in [0.4, 0.5) is 0 Å². The van der Waals surface area contributed by atoms with Crippen molar-refractivity contribution in [1.29, 1.82) is 0 Å². The molecule has 0 bridgehead atoms. The lowest BCUT2D eigenvalue weighted by Gasteiger charge is -2.12. The Bertz CT molecular complexity index is 541. The standard InChI is InChI=1S/C20H34N4O2/c1-5-21-19(25)18-9-7-17(8-10-18)15-24-20(22-6-2)23-12-14-26-13-11-16(3)4/h7-10,16H,5-6,11-15H2,1-4H3,(H,21,25)(H2,22,23,24). The second-order valence-electron chi connectivity index (χ2n) is 6.47. The van der Waals surface area contributed by atoms with Gasteiger partial charge in [0.2, 0.25) is 0 Å². The average Bonchev–Trinajstić information content (AvgIpc) is 2.62. The van der Waals surface area contributed by atoms with Crippen LogP contribution in [0.1, 0.15) is 50.0 Å². The van der Waals surface area contributed by atoms with Crippen molar-refractivity contribution < 1.29 is 9.53 Å². The van der Waals surface area contributed by atoms with Crippen molar-refractivity contribution in [3.05, 3.63) is 35.4 Å². The van der Waals surface area contributed by atoms with E-state index in [1.54, 1.807) is 0 Å². The van der Waals surface area contributed by atoms with E-state index in [-0.39, 0.29) is 5.91 Å². The van der Waals surface area contributed by atoms with Crippen LogP contribution in [0.25, 0.3) is 0 Å². The average molecular weight is 363 g/mol. The third kappa shape index (κ3) is 9.42. The molecule has 146 valence electrons. The Morgan fingerprint density at radius 1 is 1.04 bits per heavy atom. The lowest BCUT2D eigenvalue weighted by Crippen LogP contribution is -2.39. The molecule has 0 spiro atoms. The summed E-state index contributed by atoms with van der Waals surface area (Å²) in [5, 5.41) is 9.30. The van der Waals surface area contributed by atoms with Crippen molar-refractivity contribution in [3.63, 3.8) is 0 Å². The van der Waals surface area contributed by atoms with Crippen molar-refractivity contribution in [1.82, 2.24) is 16.0 Å². The number of hydrogen-bond donors (Lipinski definition) is 3. The molecular weight excluding hydrogens is 328 g/mol. The molecule has 26 heavy (non-hydrogen) atoms. The van der Waals surface area contributed by atoms with E-state index in [9.17, 15) is 4.79 Å². The van der Waals surface area contributed by atoms with Crippen LogP contribution in [0.2, 0.25) is 0 Å². The molecule has 3 N–H and O–H groups in total. The molecule has 0 saturated carbocycles. The van der Waals surface area contributed by atoms with E-state index in [2.05, 4.69) is 34.8 Å². The lowest BCUT2D eigenvalue weighted by atomic mass is 10.1. The van der Waals surface area contributed by atoms with E-state index in [1.807, 2.05) is 38.1 Å². The molecule has 0 aliphatic rings. The van der Waals surface area contributed by atoms with Gasteiger partial charge in [0.25, 0.3) is 5.91 Å². The number of ether oxygens (including phenoxy) is 1. The van der Waals surface area contributed by atoms with Crippen LogP contribution in [0, 0.1) is 5.92 Å². The van der Waals surface area contributed by atoms with Gasteiger partial charge in [-0.25, -0.2) is 4.99 Å². The van der Waals surface area contributed by atoms with E-state index >= 15 is 0 Å².